The Hall–Kier alpha value is -1.98. The summed E-state index contributed by atoms with van der Waals surface area (Å²) in [4.78, 5) is 16.5. The van der Waals surface area contributed by atoms with Crippen molar-refractivity contribution < 1.29 is 14.3 Å². The van der Waals surface area contributed by atoms with Crippen LogP contribution in [0.5, 0.6) is 0 Å². The second kappa shape index (κ2) is 6.26. The summed E-state index contributed by atoms with van der Waals surface area (Å²) < 4.78 is 15.3. The second-order valence-electron chi connectivity index (χ2n) is 5.57. The highest BCUT2D eigenvalue weighted by molar-refractivity contribution is 6.31. The molecule has 2 atom stereocenters. The molecule has 0 fully saturated rings. The van der Waals surface area contributed by atoms with Crippen LogP contribution in [0, 0.1) is 0 Å². The van der Waals surface area contributed by atoms with E-state index in [1.807, 2.05) is 0 Å². The molecule has 0 saturated carbocycles. The molecule has 1 heterocycles. The molecule has 0 saturated heterocycles. The highest BCUT2D eigenvalue weighted by Gasteiger charge is 2.46. The molecule has 120 valence electrons. The lowest BCUT2D eigenvalue weighted by atomic mass is 9.81. The number of carbonyl (C=O) groups excluding carboxylic acids is 1. The molecule has 0 unspecified atom stereocenters. The van der Waals surface area contributed by atoms with Gasteiger partial charge in [0.2, 0.25) is 5.67 Å². The number of nitrogens with zero attached hydrogens (tertiary/aromatic N) is 1. The fourth-order valence-corrected chi connectivity index (χ4v) is 3.02. The summed E-state index contributed by atoms with van der Waals surface area (Å²) in [7, 11) is 0. The average Bonchev–Trinajstić information content (AvgIpc) is 2.57. The van der Waals surface area contributed by atoms with Crippen LogP contribution in [0.15, 0.2) is 42.6 Å². The lowest BCUT2D eigenvalue weighted by Crippen LogP contribution is -2.44. The lowest BCUT2D eigenvalue weighted by molar-refractivity contribution is -0.135. The summed E-state index contributed by atoms with van der Waals surface area (Å²) in [6.45, 7) is 0.141. The van der Waals surface area contributed by atoms with Crippen LogP contribution >= 0.6 is 11.6 Å². The molecule has 1 aromatic heterocycles. The van der Waals surface area contributed by atoms with Gasteiger partial charge >= 0.3 is 0 Å². The molecule has 4 nitrogen and oxygen atoms in total. The third-order valence-electron chi connectivity index (χ3n) is 4.10. The fraction of sp³-hybridized carbons (Fsp3) is 0.294. The summed E-state index contributed by atoms with van der Waals surface area (Å²) >= 11 is 6.04. The van der Waals surface area contributed by atoms with Crippen molar-refractivity contribution in [3.8, 4) is 0 Å². The smallest absolute Gasteiger partial charge is 0.262 e. The molecular weight excluding hydrogens is 319 g/mol. The van der Waals surface area contributed by atoms with E-state index in [4.69, 9.17) is 11.6 Å². The summed E-state index contributed by atoms with van der Waals surface area (Å²) in [6.07, 6.45) is 0.711. The molecule has 1 aliphatic rings. The molecule has 2 N–H and O–H groups in total. The molecule has 0 spiro atoms. The van der Waals surface area contributed by atoms with Crippen LogP contribution < -0.4 is 5.32 Å². The number of benzene rings is 1. The molecule has 0 aliphatic heterocycles. The van der Waals surface area contributed by atoms with Crippen molar-refractivity contribution >= 4 is 17.5 Å². The van der Waals surface area contributed by atoms with Crippen molar-refractivity contribution in [1.29, 1.82) is 0 Å². The Kier molecular flexibility index (Phi) is 4.33. The zero-order valence-corrected chi connectivity index (χ0v) is 13.1. The van der Waals surface area contributed by atoms with E-state index in [9.17, 15) is 9.90 Å². The fourth-order valence-electron chi connectivity index (χ4n) is 2.82. The number of aromatic nitrogens is 1. The third kappa shape index (κ3) is 2.94. The van der Waals surface area contributed by atoms with Gasteiger partial charge < -0.3 is 10.4 Å². The van der Waals surface area contributed by atoms with Gasteiger partial charge in [0.05, 0.1) is 11.8 Å². The number of alkyl halides is 1. The van der Waals surface area contributed by atoms with Crippen LogP contribution in [0.1, 0.15) is 35.8 Å². The third-order valence-corrected chi connectivity index (χ3v) is 4.47. The number of nitrogens with one attached hydrogen (secondary N) is 1. The second-order valence-corrected chi connectivity index (χ2v) is 5.97. The normalized spacial score (nSPS) is 23.2. The molecule has 1 amide bonds. The summed E-state index contributed by atoms with van der Waals surface area (Å²) in [5, 5.41) is 13.1. The van der Waals surface area contributed by atoms with E-state index in [0.29, 0.717) is 10.6 Å². The van der Waals surface area contributed by atoms with Gasteiger partial charge in [0.1, 0.15) is 0 Å². The van der Waals surface area contributed by atoms with E-state index < -0.39 is 17.7 Å². The van der Waals surface area contributed by atoms with Crippen molar-refractivity contribution in [3.63, 3.8) is 0 Å². The number of aliphatic hydroxyl groups excluding tert-OH is 1. The predicted octanol–water partition coefficient (Wildman–Crippen LogP) is 3.04. The number of fused-ring (bicyclic) bond motifs is 1. The average molecular weight is 335 g/mol. The van der Waals surface area contributed by atoms with Gasteiger partial charge in [-0.2, -0.15) is 0 Å². The largest absolute Gasteiger partial charge is 0.387 e. The van der Waals surface area contributed by atoms with E-state index in [-0.39, 0.29) is 30.6 Å². The van der Waals surface area contributed by atoms with Crippen molar-refractivity contribution in [2.75, 3.05) is 0 Å². The highest BCUT2D eigenvalue weighted by Crippen LogP contribution is 2.42. The van der Waals surface area contributed by atoms with Gasteiger partial charge in [0, 0.05) is 23.3 Å². The number of rotatable bonds is 3. The quantitative estimate of drug-likeness (QED) is 0.907. The van der Waals surface area contributed by atoms with Crippen molar-refractivity contribution in [2.45, 2.75) is 31.2 Å². The van der Waals surface area contributed by atoms with E-state index in [2.05, 4.69) is 10.3 Å². The molecule has 0 radical (unpaired) electrons. The summed E-state index contributed by atoms with van der Waals surface area (Å²) in [5.41, 5.74) is -1.11. The van der Waals surface area contributed by atoms with E-state index in [1.54, 1.807) is 30.3 Å². The van der Waals surface area contributed by atoms with Crippen LogP contribution in [0.25, 0.3) is 0 Å². The minimum atomic E-state index is -2.19. The molecule has 0 bridgehead atoms. The van der Waals surface area contributed by atoms with E-state index in [1.165, 1.54) is 12.3 Å². The summed E-state index contributed by atoms with van der Waals surface area (Å²) in [5.74, 6) is -0.737. The Morgan fingerprint density at radius 2 is 2.17 bits per heavy atom. The Balaban J connectivity index is 1.82. The Morgan fingerprint density at radius 3 is 2.96 bits per heavy atom. The van der Waals surface area contributed by atoms with Crippen LogP contribution in [0.2, 0.25) is 5.02 Å². The van der Waals surface area contributed by atoms with Crippen LogP contribution in [-0.2, 0) is 17.0 Å². The minimum Gasteiger partial charge on any atom is -0.387 e. The van der Waals surface area contributed by atoms with Gasteiger partial charge in [-0.05, 0) is 30.5 Å². The molecule has 2 aromatic rings. The molecule has 1 aromatic carbocycles. The zero-order valence-electron chi connectivity index (χ0n) is 12.3. The Bertz CT molecular complexity index is 740. The molecular formula is C17H16ClFN2O2. The monoisotopic (exact) mass is 334 g/mol. The number of amides is 1. The Morgan fingerprint density at radius 1 is 1.39 bits per heavy atom. The number of pyridine rings is 1. The predicted molar refractivity (Wildman–Crippen MR) is 84.5 cm³/mol. The maximum atomic E-state index is 15.3. The zero-order chi connectivity index (χ0) is 16.4. The van der Waals surface area contributed by atoms with Crippen LogP contribution in [0.3, 0.4) is 0 Å². The van der Waals surface area contributed by atoms with E-state index >= 15 is 4.39 Å². The first kappa shape index (κ1) is 15.9. The van der Waals surface area contributed by atoms with Gasteiger partial charge in [-0.25, -0.2) is 4.39 Å². The minimum absolute atomic E-state index is 0.0821. The summed E-state index contributed by atoms with van der Waals surface area (Å²) in [6, 6.07) is 10.1. The number of aliphatic hydroxyl groups is 1. The first-order valence-corrected chi connectivity index (χ1v) is 7.74. The van der Waals surface area contributed by atoms with Crippen molar-refractivity contribution in [3.05, 3.63) is 64.4 Å². The standard InChI is InChI=1S/C17H16ClFN2O2/c18-13-6-2-1-4-11(13)10-21-16(23)17(19)8-7-14(22)15-12(17)5-3-9-20-15/h1-6,9,14,22H,7-8,10H2,(H,21,23)/t14-,17-/m0/s1. The maximum absolute atomic E-state index is 15.3. The molecule has 3 rings (SSSR count). The van der Waals surface area contributed by atoms with Gasteiger partial charge in [-0.1, -0.05) is 35.9 Å². The van der Waals surface area contributed by atoms with Gasteiger partial charge in [0.15, 0.2) is 0 Å². The molecule has 6 heteroatoms. The maximum Gasteiger partial charge on any atom is 0.262 e. The topological polar surface area (TPSA) is 62.2 Å². The van der Waals surface area contributed by atoms with Gasteiger partial charge in [-0.15, -0.1) is 0 Å². The van der Waals surface area contributed by atoms with E-state index in [0.717, 1.165) is 0 Å². The Labute approximate surface area is 138 Å². The van der Waals surface area contributed by atoms with Crippen molar-refractivity contribution in [1.82, 2.24) is 10.3 Å². The van der Waals surface area contributed by atoms with Crippen LogP contribution in [0.4, 0.5) is 4.39 Å². The van der Waals surface area contributed by atoms with Gasteiger partial charge in [-0.3, -0.25) is 9.78 Å². The lowest BCUT2D eigenvalue weighted by Gasteiger charge is -2.32. The van der Waals surface area contributed by atoms with Gasteiger partial charge in [0.25, 0.3) is 5.91 Å². The molecule has 23 heavy (non-hydrogen) atoms. The first-order chi connectivity index (χ1) is 11.0. The highest BCUT2D eigenvalue weighted by atomic mass is 35.5. The van der Waals surface area contributed by atoms with Crippen LogP contribution in [-0.4, -0.2) is 16.0 Å². The van der Waals surface area contributed by atoms with Crippen molar-refractivity contribution in [2.24, 2.45) is 0 Å². The first-order valence-electron chi connectivity index (χ1n) is 7.36. The number of halogens is 2. The molecule has 1 aliphatic carbocycles. The number of carbonyl (C=O) groups is 1. The number of hydrogen-bond acceptors (Lipinski definition) is 3. The SMILES string of the molecule is O=C(NCc1ccccc1Cl)[C@]1(F)CC[C@H](O)c2ncccc21. The number of hydrogen-bond donors (Lipinski definition) is 2.